The quantitative estimate of drug-likeness (QED) is 0.834. The Hall–Kier alpha value is -1.58. The third-order valence-corrected chi connectivity index (χ3v) is 3.25. The highest BCUT2D eigenvalue weighted by molar-refractivity contribution is 6.30. The van der Waals surface area contributed by atoms with Gasteiger partial charge in [0.05, 0.1) is 0 Å². The summed E-state index contributed by atoms with van der Waals surface area (Å²) in [6, 6.07) is 11.0. The Balaban J connectivity index is 1.76. The Morgan fingerprint density at radius 3 is 2.60 bits per heavy atom. The summed E-state index contributed by atoms with van der Waals surface area (Å²) in [6.07, 6.45) is 3.65. The number of pyridine rings is 1. The molecule has 1 heterocycles. The van der Waals surface area contributed by atoms with Crippen LogP contribution in [0, 0.1) is 0 Å². The smallest absolute Gasteiger partial charge is 0.224 e. The van der Waals surface area contributed by atoms with E-state index in [1.54, 1.807) is 18.3 Å². The van der Waals surface area contributed by atoms with Crippen LogP contribution in [0.1, 0.15) is 18.4 Å². The summed E-state index contributed by atoms with van der Waals surface area (Å²) in [6.45, 7) is 0. The number of aryl methyl sites for hydroxylation is 1. The van der Waals surface area contributed by atoms with Crippen LogP contribution < -0.4 is 5.32 Å². The van der Waals surface area contributed by atoms with Crippen LogP contribution in [0.2, 0.25) is 10.2 Å². The van der Waals surface area contributed by atoms with Crippen LogP contribution in [-0.4, -0.2) is 10.9 Å². The number of halogens is 2. The lowest BCUT2D eigenvalue weighted by molar-refractivity contribution is -0.116. The number of carbonyl (C=O) groups excluding carboxylic acids is 1. The fourth-order valence-electron chi connectivity index (χ4n) is 1.81. The number of hydrogen-bond donors (Lipinski definition) is 1. The minimum atomic E-state index is -0.0266. The van der Waals surface area contributed by atoms with E-state index in [2.05, 4.69) is 10.3 Å². The number of aromatic nitrogens is 1. The maximum atomic E-state index is 11.8. The van der Waals surface area contributed by atoms with Crippen molar-refractivity contribution in [2.75, 3.05) is 5.32 Å². The molecular weight excluding hydrogens is 295 g/mol. The molecule has 0 atom stereocenters. The van der Waals surface area contributed by atoms with Gasteiger partial charge in [-0.25, -0.2) is 4.98 Å². The lowest BCUT2D eigenvalue weighted by Crippen LogP contribution is -2.11. The number of nitrogens with zero attached hydrogens (tertiary/aromatic N) is 1. The summed E-state index contributed by atoms with van der Waals surface area (Å²) in [4.78, 5) is 15.6. The van der Waals surface area contributed by atoms with Crippen molar-refractivity contribution >= 4 is 34.8 Å². The minimum Gasteiger partial charge on any atom is -0.326 e. The van der Waals surface area contributed by atoms with Crippen molar-refractivity contribution in [1.29, 1.82) is 0 Å². The molecule has 0 bridgehead atoms. The first-order chi connectivity index (χ1) is 9.63. The fraction of sp³-hybridized carbons (Fsp3) is 0.200. The molecule has 3 nitrogen and oxygen atoms in total. The van der Waals surface area contributed by atoms with Crippen molar-refractivity contribution in [1.82, 2.24) is 4.98 Å². The first-order valence-corrected chi connectivity index (χ1v) is 7.05. The molecule has 1 amide bonds. The zero-order valence-corrected chi connectivity index (χ0v) is 12.3. The summed E-state index contributed by atoms with van der Waals surface area (Å²) in [5.41, 5.74) is 1.84. The largest absolute Gasteiger partial charge is 0.326 e. The SMILES string of the molecule is O=C(CCCc1ccc(Cl)cc1)Nc1ccnc(Cl)c1. The van der Waals surface area contributed by atoms with Gasteiger partial charge in [-0.15, -0.1) is 0 Å². The van der Waals surface area contributed by atoms with Crippen molar-refractivity contribution in [3.05, 3.63) is 58.3 Å². The van der Waals surface area contributed by atoms with Gasteiger partial charge >= 0.3 is 0 Å². The Morgan fingerprint density at radius 1 is 1.15 bits per heavy atom. The van der Waals surface area contributed by atoms with Gasteiger partial charge in [0.15, 0.2) is 0 Å². The standard InChI is InChI=1S/C15H14Cl2N2O/c16-12-6-4-11(5-7-12)2-1-3-15(20)19-13-8-9-18-14(17)10-13/h4-10H,1-3H2,(H,18,19,20). The second kappa shape index (κ2) is 7.27. The van der Waals surface area contributed by atoms with Crippen LogP contribution in [0.4, 0.5) is 5.69 Å². The number of hydrogen-bond acceptors (Lipinski definition) is 2. The van der Waals surface area contributed by atoms with Crippen LogP contribution in [0.5, 0.6) is 0 Å². The van der Waals surface area contributed by atoms with E-state index in [0.29, 0.717) is 17.3 Å². The molecule has 104 valence electrons. The summed E-state index contributed by atoms with van der Waals surface area (Å²) in [5.74, 6) is -0.0266. The summed E-state index contributed by atoms with van der Waals surface area (Å²) in [5, 5.41) is 3.88. The van der Waals surface area contributed by atoms with Gasteiger partial charge in [0.25, 0.3) is 0 Å². The minimum absolute atomic E-state index is 0.0266. The molecule has 0 aliphatic heterocycles. The molecule has 2 rings (SSSR count). The summed E-state index contributed by atoms with van der Waals surface area (Å²) < 4.78 is 0. The third-order valence-electron chi connectivity index (χ3n) is 2.79. The number of rotatable bonds is 5. The predicted molar refractivity (Wildman–Crippen MR) is 82.3 cm³/mol. The molecule has 0 saturated carbocycles. The van der Waals surface area contributed by atoms with E-state index in [-0.39, 0.29) is 5.91 Å². The van der Waals surface area contributed by atoms with Crippen molar-refractivity contribution < 1.29 is 4.79 Å². The molecule has 0 unspecified atom stereocenters. The van der Waals surface area contributed by atoms with Gasteiger partial charge in [-0.3, -0.25) is 4.79 Å². The van der Waals surface area contributed by atoms with Crippen LogP contribution in [0.15, 0.2) is 42.6 Å². The maximum absolute atomic E-state index is 11.8. The molecule has 20 heavy (non-hydrogen) atoms. The third kappa shape index (κ3) is 4.83. The lowest BCUT2D eigenvalue weighted by Gasteiger charge is -2.05. The molecule has 0 aliphatic carbocycles. The highest BCUT2D eigenvalue weighted by atomic mass is 35.5. The van der Waals surface area contributed by atoms with Crippen LogP contribution >= 0.6 is 23.2 Å². The first-order valence-electron chi connectivity index (χ1n) is 6.29. The lowest BCUT2D eigenvalue weighted by atomic mass is 10.1. The highest BCUT2D eigenvalue weighted by Crippen LogP contribution is 2.14. The normalized spacial score (nSPS) is 10.3. The van der Waals surface area contributed by atoms with E-state index in [1.165, 1.54) is 5.56 Å². The number of nitrogens with one attached hydrogen (secondary N) is 1. The van der Waals surface area contributed by atoms with Crippen molar-refractivity contribution in [2.24, 2.45) is 0 Å². The van der Waals surface area contributed by atoms with Gasteiger partial charge in [0.2, 0.25) is 5.91 Å². The molecule has 0 fully saturated rings. The zero-order chi connectivity index (χ0) is 14.4. The second-order valence-corrected chi connectivity index (χ2v) is 5.22. The van der Waals surface area contributed by atoms with E-state index in [9.17, 15) is 4.79 Å². The second-order valence-electron chi connectivity index (χ2n) is 4.40. The number of benzene rings is 1. The van der Waals surface area contributed by atoms with Crippen LogP contribution in [0.3, 0.4) is 0 Å². The van der Waals surface area contributed by atoms with E-state index < -0.39 is 0 Å². The molecule has 1 aromatic heterocycles. The van der Waals surface area contributed by atoms with Gasteiger partial charge in [0.1, 0.15) is 5.15 Å². The van der Waals surface area contributed by atoms with Crippen LogP contribution in [-0.2, 0) is 11.2 Å². The van der Waals surface area contributed by atoms with Gasteiger partial charge in [-0.05, 0) is 42.7 Å². The van der Waals surface area contributed by atoms with Crippen molar-refractivity contribution in [3.63, 3.8) is 0 Å². The van der Waals surface area contributed by atoms with Crippen molar-refractivity contribution in [2.45, 2.75) is 19.3 Å². The molecule has 1 aromatic carbocycles. The fourth-order valence-corrected chi connectivity index (χ4v) is 2.11. The average Bonchev–Trinajstić information content (AvgIpc) is 2.41. The zero-order valence-electron chi connectivity index (χ0n) is 10.8. The topological polar surface area (TPSA) is 42.0 Å². The maximum Gasteiger partial charge on any atom is 0.224 e. The van der Waals surface area contributed by atoms with E-state index in [1.807, 2.05) is 24.3 Å². The predicted octanol–water partition coefficient (Wildman–Crippen LogP) is 4.35. The molecule has 1 N–H and O–H groups in total. The first kappa shape index (κ1) is 14.8. The summed E-state index contributed by atoms with van der Waals surface area (Å²) in [7, 11) is 0. The highest BCUT2D eigenvalue weighted by Gasteiger charge is 2.03. The number of carbonyl (C=O) groups is 1. The Morgan fingerprint density at radius 2 is 1.90 bits per heavy atom. The Labute approximate surface area is 127 Å². The van der Waals surface area contributed by atoms with Gasteiger partial charge < -0.3 is 5.32 Å². The Kier molecular flexibility index (Phi) is 5.39. The van der Waals surface area contributed by atoms with E-state index in [4.69, 9.17) is 23.2 Å². The number of anilines is 1. The van der Waals surface area contributed by atoms with Crippen molar-refractivity contribution in [3.8, 4) is 0 Å². The molecule has 0 saturated heterocycles. The molecule has 5 heteroatoms. The van der Waals surface area contributed by atoms with Gasteiger partial charge in [0, 0.05) is 23.3 Å². The molecular formula is C15H14Cl2N2O. The molecule has 0 spiro atoms. The average molecular weight is 309 g/mol. The number of amides is 1. The van der Waals surface area contributed by atoms with Gasteiger partial charge in [-0.1, -0.05) is 35.3 Å². The molecule has 0 aliphatic rings. The monoisotopic (exact) mass is 308 g/mol. The Bertz CT molecular complexity index is 585. The van der Waals surface area contributed by atoms with Gasteiger partial charge in [-0.2, -0.15) is 0 Å². The molecule has 2 aromatic rings. The van der Waals surface area contributed by atoms with E-state index in [0.717, 1.165) is 17.9 Å². The van der Waals surface area contributed by atoms with Crippen LogP contribution in [0.25, 0.3) is 0 Å². The molecule has 0 radical (unpaired) electrons. The van der Waals surface area contributed by atoms with E-state index >= 15 is 0 Å². The summed E-state index contributed by atoms with van der Waals surface area (Å²) >= 11 is 11.6.